The van der Waals surface area contributed by atoms with Crippen molar-refractivity contribution in [2.45, 2.75) is 30.3 Å². The van der Waals surface area contributed by atoms with Crippen LogP contribution in [-0.2, 0) is 16.6 Å². The van der Waals surface area contributed by atoms with E-state index < -0.39 is 62.4 Å². The van der Waals surface area contributed by atoms with Gasteiger partial charge < -0.3 is 0 Å². The van der Waals surface area contributed by atoms with Crippen molar-refractivity contribution in [2.75, 3.05) is 0 Å². The molecule has 0 bridgehead atoms. The highest BCUT2D eigenvalue weighted by Crippen LogP contribution is 2.36. The number of sulfonamides is 1. The molecule has 1 aliphatic rings. The Bertz CT molecular complexity index is 932. The predicted molar refractivity (Wildman–Crippen MR) is 76.2 cm³/mol. The third kappa shape index (κ3) is 3.16. The first-order valence-corrected chi connectivity index (χ1v) is 8.72. The van der Waals surface area contributed by atoms with Gasteiger partial charge in [-0.1, -0.05) is 0 Å². The zero-order valence-electron chi connectivity index (χ0n) is 12.8. The topological polar surface area (TPSA) is 50.3 Å². The summed E-state index contributed by atoms with van der Waals surface area (Å²) in [6.45, 7) is -0.507. The van der Waals surface area contributed by atoms with E-state index in [2.05, 4.69) is 4.98 Å². The van der Waals surface area contributed by atoms with Crippen LogP contribution < -0.4 is 0 Å². The average molecular weight is 396 g/mol. The third-order valence-electron chi connectivity index (χ3n) is 3.80. The highest BCUT2D eigenvalue weighted by atomic mass is 32.2. The average Bonchev–Trinajstić information content (AvgIpc) is 3.42. The second-order valence-corrected chi connectivity index (χ2v) is 7.48. The maximum atomic E-state index is 13.9. The molecule has 1 saturated carbocycles. The monoisotopic (exact) mass is 396 g/mol. The van der Waals surface area contributed by atoms with E-state index in [0.29, 0.717) is 17.1 Å². The molecule has 140 valence electrons. The quantitative estimate of drug-likeness (QED) is 0.443. The number of rotatable bonds is 5. The molecule has 1 aromatic carbocycles. The zero-order valence-corrected chi connectivity index (χ0v) is 13.6. The van der Waals surface area contributed by atoms with Crippen LogP contribution in [0.4, 0.5) is 26.3 Å². The van der Waals surface area contributed by atoms with E-state index in [1.54, 1.807) is 0 Å². The lowest BCUT2D eigenvalue weighted by Gasteiger charge is -2.22. The van der Waals surface area contributed by atoms with Crippen LogP contribution in [0, 0.1) is 34.9 Å². The molecule has 11 heteroatoms. The first-order chi connectivity index (χ1) is 12.1. The van der Waals surface area contributed by atoms with Gasteiger partial charge in [0.1, 0.15) is 5.82 Å². The molecule has 0 unspecified atom stereocenters. The molecule has 1 fully saturated rings. The van der Waals surface area contributed by atoms with Crippen molar-refractivity contribution in [3.8, 4) is 0 Å². The molecule has 4 nitrogen and oxygen atoms in total. The summed E-state index contributed by atoms with van der Waals surface area (Å²) in [5.41, 5.74) is 0.0470. The molecular weight excluding hydrogens is 386 g/mol. The lowest BCUT2D eigenvalue weighted by molar-refractivity contribution is 0.345. The second-order valence-electron chi connectivity index (χ2n) is 5.65. The number of benzene rings is 1. The Morgan fingerprint density at radius 2 is 1.46 bits per heavy atom. The summed E-state index contributed by atoms with van der Waals surface area (Å²) in [6, 6.07) is 1.47. The third-order valence-corrected chi connectivity index (χ3v) is 5.72. The Labute approximate surface area is 144 Å². The summed E-state index contributed by atoms with van der Waals surface area (Å²) >= 11 is 0. The standard InChI is InChI=1S/C15H10F6N2O2S/c16-7-1-2-8(22-5-7)6-23(9-3-4-9)26(24,25)15-13(20)11(18)10(17)12(19)14(15)21/h1-2,5,9H,3-4,6H2. The zero-order chi connectivity index (χ0) is 19.2. The molecule has 1 heterocycles. The smallest absolute Gasteiger partial charge is 0.249 e. The number of nitrogens with zero attached hydrogens (tertiary/aromatic N) is 2. The van der Waals surface area contributed by atoms with Crippen molar-refractivity contribution in [1.82, 2.24) is 9.29 Å². The molecule has 0 radical (unpaired) electrons. The van der Waals surface area contributed by atoms with E-state index in [9.17, 15) is 34.8 Å². The lowest BCUT2D eigenvalue weighted by Crippen LogP contribution is -2.34. The van der Waals surface area contributed by atoms with E-state index in [1.807, 2.05) is 0 Å². The van der Waals surface area contributed by atoms with Gasteiger partial charge in [-0.2, -0.15) is 4.31 Å². The minimum absolute atomic E-state index is 0.0470. The van der Waals surface area contributed by atoms with Crippen molar-refractivity contribution >= 4 is 10.0 Å². The Hall–Kier alpha value is -2.14. The Balaban J connectivity index is 2.09. The van der Waals surface area contributed by atoms with Gasteiger partial charge >= 0.3 is 0 Å². The molecule has 1 aromatic heterocycles. The van der Waals surface area contributed by atoms with E-state index >= 15 is 0 Å². The first-order valence-electron chi connectivity index (χ1n) is 7.28. The van der Waals surface area contributed by atoms with Crippen molar-refractivity contribution in [2.24, 2.45) is 0 Å². The first kappa shape index (κ1) is 18.6. The van der Waals surface area contributed by atoms with Crippen LogP contribution in [0.2, 0.25) is 0 Å². The van der Waals surface area contributed by atoms with Gasteiger partial charge in [-0.15, -0.1) is 0 Å². The molecule has 0 N–H and O–H groups in total. The summed E-state index contributed by atoms with van der Waals surface area (Å²) in [4.78, 5) is 1.74. The van der Waals surface area contributed by atoms with Gasteiger partial charge in [-0.25, -0.2) is 34.8 Å². The minimum Gasteiger partial charge on any atom is -0.257 e. The predicted octanol–water partition coefficient (Wildman–Crippen LogP) is 3.27. The molecule has 26 heavy (non-hydrogen) atoms. The fourth-order valence-corrected chi connectivity index (χ4v) is 4.13. The van der Waals surface area contributed by atoms with E-state index in [4.69, 9.17) is 0 Å². The summed E-state index contributed by atoms with van der Waals surface area (Å²) in [6.07, 6.45) is 1.50. The number of halogens is 6. The molecular formula is C15H10F6N2O2S. The van der Waals surface area contributed by atoms with E-state index in [-0.39, 0.29) is 5.69 Å². The Morgan fingerprint density at radius 1 is 0.923 bits per heavy atom. The van der Waals surface area contributed by atoms with E-state index in [1.165, 1.54) is 0 Å². The molecule has 0 spiro atoms. The van der Waals surface area contributed by atoms with E-state index in [0.717, 1.165) is 18.3 Å². The highest BCUT2D eigenvalue weighted by Gasteiger charge is 2.43. The van der Waals surface area contributed by atoms with Crippen LogP contribution in [0.15, 0.2) is 23.2 Å². The molecule has 1 aliphatic carbocycles. The van der Waals surface area contributed by atoms with Crippen molar-refractivity contribution in [3.05, 3.63) is 58.9 Å². The highest BCUT2D eigenvalue weighted by molar-refractivity contribution is 7.89. The van der Waals surface area contributed by atoms with Crippen molar-refractivity contribution in [1.29, 1.82) is 0 Å². The van der Waals surface area contributed by atoms with Gasteiger partial charge in [0.15, 0.2) is 28.2 Å². The van der Waals surface area contributed by atoms with Crippen LogP contribution in [0.25, 0.3) is 0 Å². The van der Waals surface area contributed by atoms with Crippen LogP contribution in [-0.4, -0.2) is 23.7 Å². The fourth-order valence-electron chi connectivity index (χ4n) is 2.36. The van der Waals surface area contributed by atoms with Crippen LogP contribution in [0.5, 0.6) is 0 Å². The van der Waals surface area contributed by atoms with Gasteiger partial charge in [0.25, 0.3) is 0 Å². The maximum Gasteiger partial charge on any atom is 0.249 e. The van der Waals surface area contributed by atoms with Gasteiger partial charge in [-0.3, -0.25) is 4.98 Å². The lowest BCUT2D eigenvalue weighted by atomic mass is 10.3. The Morgan fingerprint density at radius 3 is 1.92 bits per heavy atom. The summed E-state index contributed by atoms with van der Waals surface area (Å²) in [7, 11) is -5.07. The molecule has 2 aromatic rings. The summed E-state index contributed by atoms with van der Waals surface area (Å²) in [5, 5.41) is 0. The van der Waals surface area contributed by atoms with Gasteiger partial charge in [0.2, 0.25) is 15.8 Å². The van der Waals surface area contributed by atoms with Gasteiger partial charge in [-0.05, 0) is 25.0 Å². The summed E-state index contributed by atoms with van der Waals surface area (Å²) in [5.74, 6) is -12.7. The minimum atomic E-state index is -5.07. The SMILES string of the molecule is O=S(=O)(c1c(F)c(F)c(F)c(F)c1F)N(Cc1ccc(F)cn1)C1CC1. The van der Waals surface area contributed by atoms with Crippen LogP contribution in [0.3, 0.4) is 0 Å². The molecule has 3 rings (SSSR count). The normalized spacial score (nSPS) is 14.9. The largest absolute Gasteiger partial charge is 0.257 e. The van der Waals surface area contributed by atoms with Crippen molar-refractivity contribution in [3.63, 3.8) is 0 Å². The number of pyridine rings is 1. The number of hydrogen-bond acceptors (Lipinski definition) is 3. The van der Waals surface area contributed by atoms with Crippen molar-refractivity contribution < 1.29 is 34.8 Å². The second kappa shape index (κ2) is 6.54. The molecule has 0 amide bonds. The van der Waals surface area contributed by atoms with Crippen LogP contribution in [0.1, 0.15) is 18.5 Å². The number of aromatic nitrogens is 1. The maximum absolute atomic E-state index is 13.9. The number of hydrogen-bond donors (Lipinski definition) is 0. The Kier molecular flexibility index (Phi) is 4.69. The molecule has 0 saturated heterocycles. The fraction of sp³-hybridized carbons (Fsp3) is 0.267. The van der Waals surface area contributed by atoms with Gasteiger partial charge in [0, 0.05) is 6.04 Å². The summed E-state index contributed by atoms with van der Waals surface area (Å²) < 4.78 is 107. The van der Waals surface area contributed by atoms with Crippen LogP contribution >= 0.6 is 0 Å². The molecule has 0 atom stereocenters. The molecule has 0 aliphatic heterocycles. The van der Waals surface area contributed by atoms with Gasteiger partial charge in [0.05, 0.1) is 18.4 Å².